The number of benzene rings is 1. The summed E-state index contributed by atoms with van der Waals surface area (Å²) in [5.74, 6) is -1.89. The Balaban J connectivity index is 1.63. The highest BCUT2D eigenvalue weighted by molar-refractivity contribution is 5.90. The number of hydrogen-bond donors (Lipinski definition) is 7. The third kappa shape index (κ3) is 2.62. The molecule has 3 fully saturated rings. The van der Waals surface area contributed by atoms with E-state index in [1.165, 1.54) is 4.90 Å². The van der Waals surface area contributed by atoms with Crippen LogP contribution in [0, 0.1) is 10.8 Å². The maximum absolute atomic E-state index is 12.4. The first-order chi connectivity index (χ1) is 13.3. The van der Waals surface area contributed by atoms with E-state index in [0.717, 1.165) is 0 Å². The van der Waals surface area contributed by atoms with Crippen LogP contribution < -0.4 is 16.0 Å². The molecule has 148 valence electrons. The van der Waals surface area contributed by atoms with Gasteiger partial charge in [0.15, 0.2) is 17.6 Å². The van der Waals surface area contributed by atoms with E-state index < -0.39 is 41.9 Å². The van der Waals surface area contributed by atoms with Gasteiger partial charge in [0.1, 0.15) is 12.2 Å². The minimum absolute atomic E-state index is 0.0177. The fraction of sp³-hybridized carbons (Fsp3) is 0.412. The van der Waals surface area contributed by atoms with Crippen molar-refractivity contribution in [2.75, 3.05) is 6.54 Å². The lowest BCUT2D eigenvalue weighted by atomic mass is 9.86. The second-order valence-electron chi connectivity index (χ2n) is 7.01. The Bertz CT molecular complexity index is 848. The number of carboxylic acid groups (broad SMARTS) is 1. The molecule has 4 rings (SSSR count). The van der Waals surface area contributed by atoms with E-state index in [1.54, 1.807) is 30.3 Å². The highest BCUT2D eigenvalue weighted by atomic mass is 16.6. The van der Waals surface area contributed by atoms with E-state index in [9.17, 15) is 19.8 Å². The minimum atomic E-state index is -1.36. The number of guanidine groups is 2. The standard InChI is InChI=1S/C17H20N6O5/c18-15-21-12-9(6-11(24)25)20-16(19)23-7-10(13(26)17(12,23)22-15)28-14(27)8-4-2-1-3-5-8/h1-5,9-10,12-13,26H,6-7H2,(H2,19,20)(H,24,25)(H3,18,21,22)/t9-,10-,12?,13+,17?/m0/s1. The number of aliphatic carboxylic acids is 1. The van der Waals surface area contributed by atoms with Crippen LogP contribution in [0.5, 0.6) is 0 Å². The minimum Gasteiger partial charge on any atom is -0.481 e. The van der Waals surface area contributed by atoms with Crippen LogP contribution >= 0.6 is 0 Å². The summed E-state index contributed by atoms with van der Waals surface area (Å²) in [5, 5.41) is 44.9. The van der Waals surface area contributed by atoms with Crippen LogP contribution in [0.4, 0.5) is 0 Å². The third-order valence-electron chi connectivity index (χ3n) is 5.37. The molecular weight excluding hydrogens is 368 g/mol. The summed E-state index contributed by atoms with van der Waals surface area (Å²) in [6.07, 6.45) is -2.58. The lowest BCUT2D eigenvalue weighted by Gasteiger charge is -2.48. The van der Waals surface area contributed by atoms with Crippen LogP contribution in [-0.4, -0.2) is 75.5 Å². The lowest BCUT2D eigenvalue weighted by molar-refractivity contribution is -0.138. The average molecular weight is 388 g/mol. The normalized spacial score (nSPS) is 33.2. The van der Waals surface area contributed by atoms with Crippen LogP contribution in [0.1, 0.15) is 16.8 Å². The molecule has 28 heavy (non-hydrogen) atoms. The van der Waals surface area contributed by atoms with E-state index in [2.05, 4.69) is 16.0 Å². The highest BCUT2D eigenvalue weighted by Gasteiger charge is 2.67. The van der Waals surface area contributed by atoms with Crippen molar-refractivity contribution < 1.29 is 24.5 Å². The molecule has 0 saturated carbocycles. The molecule has 11 heteroatoms. The monoisotopic (exact) mass is 388 g/mol. The second-order valence-corrected chi connectivity index (χ2v) is 7.01. The number of nitrogens with one attached hydrogen (secondary N) is 5. The number of aliphatic hydroxyl groups is 1. The number of carboxylic acids is 1. The molecule has 0 aromatic heterocycles. The molecule has 3 saturated heterocycles. The van der Waals surface area contributed by atoms with Gasteiger partial charge < -0.3 is 35.8 Å². The van der Waals surface area contributed by atoms with E-state index in [4.69, 9.17) is 15.6 Å². The number of hydrogen-bond acceptors (Lipinski definition) is 6. The molecule has 11 nitrogen and oxygen atoms in total. The molecule has 0 aliphatic carbocycles. The van der Waals surface area contributed by atoms with Crippen molar-refractivity contribution >= 4 is 23.9 Å². The summed E-state index contributed by atoms with van der Waals surface area (Å²) >= 11 is 0. The first kappa shape index (κ1) is 18.0. The Kier molecular flexibility index (Phi) is 4.11. The summed E-state index contributed by atoms with van der Waals surface area (Å²) in [6, 6.07) is 6.88. The van der Waals surface area contributed by atoms with Gasteiger partial charge in [0.2, 0.25) is 0 Å². The summed E-state index contributed by atoms with van der Waals surface area (Å²) in [5.41, 5.74) is -1.03. The topological polar surface area (TPSA) is 171 Å². The van der Waals surface area contributed by atoms with Gasteiger partial charge in [0.05, 0.1) is 30.6 Å². The molecule has 1 aromatic carbocycles. The van der Waals surface area contributed by atoms with Gasteiger partial charge in [0.25, 0.3) is 0 Å². The Hall–Kier alpha value is -3.34. The lowest BCUT2D eigenvalue weighted by Crippen LogP contribution is -2.76. The van der Waals surface area contributed by atoms with Gasteiger partial charge in [-0.2, -0.15) is 0 Å². The zero-order chi connectivity index (χ0) is 20.1. The summed E-state index contributed by atoms with van der Waals surface area (Å²) in [7, 11) is 0. The molecule has 0 radical (unpaired) electrons. The second kappa shape index (κ2) is 6.37. The van der Waals surface area contributed by atoms with Crippen molar-refractivity contribution in [1.82, 2.24) is 20.9 Å². The van der Waals surface area contributed by atoms with E-state index in [0.29, 0.717) is 5.56 Å². The van der Waals surface area contributed by atoms with Gasteiger partial charge in [-0.25, -0.2) is 4.79 Å². The van der Waals surface area contributed by atoms with Gasteiger partial charge in [-0.1, -0.05) is 18.2 Å². The maximum Gasteiger partial charge on any atom is 0.338 e. The molecule has 7 N–H and O–H groups in total. The van der Waals surface area contributed by atoms with Crippen LogP contribution in [-0.2, 0) is 9.53 Å². The molecule has 3 aliphatic rings. The number of rotatable bonds is 4. The molecule has 3 aliphatic heterocycles. The SMILES string of the molecule is N=C1NC2[C@H](CC(=O)O)NC(=N)N3C[C@H](OC(=O)c4ccccc4)[C@@H](O)C23N1. The number of ether oxygens (including phenoxy) is 1. The van der Waals surface area contributed by atoms with Gasteiger partial charge in [-0.05, 0) is 12.1 Å². The molecule has 2 unspecified atom stereocenters. The zero-order valence-electron chi connectivity index (χ0n) is 14.7. The Labute approximate surface area is 159 Å². The van der Waals surface area contributed by atoms with Crippen molar-refractivity contribution in [3.05, 3.63) is 35.9 Å². The predicted molar refractivity (Wildman–Crippen MR) is 95.8 cm³/mol. The molecular formula is C17H20N6O5. The molecule has 5 atom stereocenters. The third-order valence-corrected chi connectivity index (χ3v) is 5.37. The van der Waals surface area contributed by atoms with Gasteiger partial charge >= 0.3 is 11.9 Å². The van der Waals surface area contributed by atoms with Crippen LogP contribution in [0.25, 0.3) is 0 Å². The van der Waals surface area contributed by atoms with Crippen LogP contribution in [0.15, 0.2) is 30.3 Å². The van der Waals surface area contributed by atoms with Crippen molar-refractivity contribution in [3.63, 3.8) is 0 Å². The van der Waals surface area contributed by atoms with Crippen molar-refractivity contribution in [1.29, 1.82) is 10.8 Å². The Morgan fingerprint density at radius 1 is 1.25 bits per heavy atom. The largest absolute Gasteiger partial charge is 0.481 e. The number of carbonyl (C=O) groups is 2. The fourth-order valence-electron chi connectivity index (χ4n) is 4.21. The van der Waals surface area contributed by atoms with Crippen LogP contribution in [0.2, 0.25) is 0 Å². The number of esters is 1. The van der Waals surface area contributed by atoms with Gasteiger partial charge in [-0.15, -0.1) is 0 Å². The molecule has 0 bridgehead atoms. The summed E-state index contributed by atoms with van der Waals surface area (Å²) < 4.78 is 5.49. The number of carbonyl (C=O) groups excluding carboxylic acids is 1. The van der Waals surface area contributed by atoms with Gasteiger partial charge in [-0.3, -0.25) is 15.6 Å². The number of nitrogens with zero attached hydrogens (tertiary/aromatic N) is 1. The van der Waals surface area contributed by atoms with Crippen LogP contribution in [0.3, 0.4) is 0 Å². The molecule has 3 heterocycles. The van der Waals surface area contributed by atoms with Gasteiger partial charge in [0, 0.05) is 0 Å². The first-order valence-corrected chi connectivity index (χ1v) is 8.75. The Morgan fingerprint density at radius 3 is 2.64 bits per heavy atom. The van der Waals surface area contributed by atoms with E-state index >= 15 is 0 Å². The highest BCUT2D eigenvalue weighted by Crippen LogP contribution is 2.39. The zero-order valence-corrected chi connectivity index (χ0v) is 14.7. The smallest absolute Gasteiger partial charge is 0.338 e. The van der Waals surface area contributed by atoms with E-state index in [1.807, 2.05) is 0 Å². The van der Waals surface area contributed by atoms with E-state index in [-0.39, 0.29) is 24.9 Å². The predicted octanol–water partition coefficient (Wildman–Crippen LogP) is -1.54. The first-order valence-electron chi connectivity index (χ1n) is 8.75. The van der Waals surface area contributed by atoms with Crippen molar-refractivity contribution in [2.45, 2.75) is 36.4 Å². The fourth-order valence-corrected chi connectivity index (χ4v) is 4.21. The molecule has 1 spiro atoms. The number of aliphatic hydroxyl groups excluding tert-OH is 1. The summed E-state index contributed by atoms with van der Waals surface area (Å²) in [4.78, 5) is 25.1. The maximum atomic E-state index is 12.4. The Morgan fingerprint density at radius 2 is 1.96 bits per heavy atom. The molecule has 0 amide bonds. The van der Waals surface area contributed by atoms with Crippen molar-refractivity contribution in [3.8, 4) is 0 Å². The quantitative estimate of drug-likeness (QED) is 0.302. The molecule has 1 aromatic rings. The average Bonchev–Trinajstić information content (AvgIpc) is 3.14. The van der Waals surface area contributed by atoms with Crippen molar-refractivity contribution in [2.24, 2.45) is 0 Å². The summed E-state index contributed by atoms with van der Waals surface area (Å²) in [6.45, 7) is 0.0177.